The number of aromatic nitrogens is 2. The number of benzene rings is 1. The topological polar surface area (TPSA) is 61.3 Å². The number of carbonyl (C=O) groups is 1. The smallest absolute Gasteiger partial charge is 0.338 e. The van der Waals surface area contributed by atoms with Gasteiger partial charge in [0.2, 0.25) is 5.88 Å². The Balaban J connectivity index is 1.62. The number of hydrogen-bond donors (Lipinski definition) is 0. The van der Waals surface area contributed by atoms with Crippen molar-refractivity contribution in [2.24, 2.45) is 0 Å². The summed E-state index contributed by atoms with van der Waals surface area (Å²) in [7, 11) is 0. The Morgan fingerprint density at radius 2 is 2.00 bits per heavy atom. The molecule has 0 bridgehead atoms. The molecule has 0 atom stereocenters. The van der Waals surface area contributed by atoms with Crippen molar-refractivity contribution in [1.82, 2.24) is 9.97 Å². The average molecular weight is 340 g/mol. The van der Waals surface area contributed by atoms with Crippen molar-refractivity contribution >= 4 is 17.3 Å². The van der Waals surface area contributed by atoms with Gasteiger partial charge in [0, 0.05) is 24.0 Å². The molecule has 0 amide bonds. The van der Waals surface area contributed by atoms with E-state index in [1.807, 2.05) is 37.3 Å². The maximum absolute atomic E-state index is 12.1. The number of carbonyl (C=O) groups excluding carboxylic acids is 1. The summed E-state index contributed by atoms with van der Waals surface area (Å²) in [5.41, 5.74) is 1.47. The van der Waals surface area contributed by atoms with E-state index < -0.39 is 5.97 Å². The van der Waals surface area contributed by atoms with Crippen LogP contribution in [0.2, 0.25) is 0 Å². The highest BCUT2D eigenvalue weighted by atomic mass is 32.1. The summed E-state index contributed by atoms with van der Waals surface area (Å²) in [4.78, 5) is 21.4. The van der Waals surface area contributed by atoms with E-state index in [9.17, 15) is 4.79 Å². The van der Waals surface area contributed by atoms with Crippen molar-refractivity contribution in [3.05, 3.63) is 65.3 Å². The number of esters is 1. The van der Waals surface area contributed by atoms with Gasteiger partial charge in [0.15, 0.2) is 0 Å². The van der Waals surface area contributed by atoms with Crippen LogP contribution in [0.5, 0.6) is 5.88 Å². The molecule has 0 aliphatic heterocycles. The van der Waals surface area contributed by atoms with Crippen LogP contribution < -0.4 is 4.74 Å². The number of hydrogen-bond acceptors (Lipinski definition) is 6. The van der Waals surface area contributed by atoms with Crippen LogP contribution >= 0.6 is 11.3 Å². The van der Waals surface area contributed by atoms with Crippen molar-refractivity contribution in [1.29, 1.82) is 0 Å². The van der Waals surface area contributed by atoms with Crippen molar-refractivity contribution in [3.63, 3.8) is 0 Å². The molecule has 3 rings (SSSR count). The number of thiazole rings is 1. The molecule has 0 saturated heterocycles. The van der Waals surface area contributed by atoms with Crippen molar-refractivity contribution in [2.45, 2.75) is 13.5 Å². The molecule has 2 heterocycles. The van der Waals surface area contributed by atoms with Gasteiger partial charge in [0.05, 0.1) is 17.0 Å². The molecule has 24 heavy (non-hydrogen) atoms. The highest BCUT2D eigenvalue weighted by Crippen LogP contribution is 2.25. The fraction of sp³-hybridized carbons (Fsp3) is 0.167. The summed E-state index contributed by atoms with van der Waals surface area (Å²) in [5, 5.41) is 0.907. The van der Waals surface area contributed by atoms with E-state index in [0.29, 0.717) is 18.1 Å². The second-order valence-corrected chi connectivity index (χ2v) is 6.00. The van der Waals surface area contributed by atoms with Crippen LogP contribution in [0.4, 0.5) is 0 Å². The summed E-state index contributed by atoms with van der Waals surface area (Å²) >= 11 is 1.51. The average Bonchev–Trinajstić information content (AvgIpc) is 3.10. The number of ether oxygens (including phenoxy) is 2. The van der Waals surface area contributed by atoms with Crippen molar-refractivity contribution < 1.29 is 14.3 Å². The molecule has 0 spiro atoms. The fourth-order valence-corrected chi connectivity index (χ4v) is 2.90. The minimum absolute atomic E-state index is 0.190. The molecule has 0 aliphatic rings. The zero-order chi connectivity index (χ0) is 16.8. The van der Waals surface area contributed by atoms with E-state index in [1.165, 1.54) is 17.5 Å². The fourth-order valence-electron chi connectivity index (χ4n) is 2.07. The highest BCUT2D eigenvalue weighted by molar-refractivity contribution is 7.15. The molecule has 6 heteroatoms. The molecule has 5 nitrogen and oxygen atoms in total. The Labute approximate surface area is 143 Å². The Bertz CT molecular complexity index is 818. The van der Waals surface area contributed by atoms with Gasteiger partial charge >= 0.3 is 5.97 Å². The lowest BCUT2D eigenvalue weighted by Crippen LogP contribution is -2.05. The van der Waals surface area contributed by atoms with Gasteiger partial charge in [-0.3, -0.25) is 0 Å². The van der Waals surface area contributed by atoms with Gasteiger partial charge in [-0.15, -0.1) is 11.3 Å². The maximum atomic E-state index is 12.1. The summed E-state index contributed by atoms with van der Waals surface area (Å²) in [6, 6.07) is 13.1. The van der Waals surface area contributed by atoms with Crippen LogP contribution in [0, 0.1) is 0 Å². The Morgan fingerprint density at radius 3 is 2.79 bits per heavy atom. The van der Waals surface area contributed by atoms with Gasteiger partial charge in [-0.1, -0.05) is 30.3 Å². The first kappa shape index (κ1) is 16.1. The third kappa shape index (κ3) is 3.97. The van der Waals surface area contributed by atoms with Gasteiger partial charge < -0.3 is 9.47 Å². The van der Waals surface area contributed by atoms with E-state index in [4.69, 9.17) is 9.47 Å². The van der Waals surface area contributed by atoms with Crippen LogP contribution in [0.25, 0.3) is 10.6 Å². The monoisotopic (exact) mass is 340 g/mol. The van der Waals surface area contributed by atoms with Gasteiger partial charge in [-0.25, -0.2) is 14.8 Å². The zero-order valence-corrected chi connectivity index (χ0v) is 14.0. The van der Waals surface area contributed by atoms with E-state index in [1.54, 1.807) is 18.3 Å². The quantitative estimate of drug-likeness (QED) is 0.636. The molecule has 0 unspecified atom stereocenters. The summed E-state index contributed by atoms with van der Waals surface area (Å²) in [6.07, 6.45) is 3.26. The normalized spacial score (nSPS) is 10.4. The van der Waals surface area contributed by atoms with Crippen LogP contribution in [-0.2, 0) is 11.3 Å². The van der Waals surface area contributed by atoms with Gasteiger partial charge in [-0.05, 0) is 13.0 Å². The minimum atomic E-state index is -0.409. The van der Waals surface area contributed by atoms with Crippen LogP contribution in [0.1, 0.15) is 22.2 Å². The number of rotatable bonds is 6. The third-order valence-electron chi connectivity index (χ3n) is 3.18. The first-order valence-corrected chi connectivity index (χ1v) is 8.34. The van der Waals surface area contributed by atoms with E-state index in [-0.39, 0.29) is 6.61 Å². The van der Waals surface area contributed by atoms with E-state index in [0.717, 1.165) is 15.4 Å². The first-order chi connectivity index (χ1) is 11.8. The lowest BCUT2D eigenvalue weighted by atomic mass is 10.2. The predicted molar refractivity (Wildman–Crippen MR) is 92.1 cm³/mol. The largest absolute Gasteiger partial charge is 0.478 e. The standard InChI is InChI=1S/C18H16N2O3S/c1-2-22-16-10-14(8-9-19-16)18(21)23-12-15-11-20-17(24-15)13-6-4-3-5-7-13/h3-11H,2,12H2,1H3. The maximum Gasteiger partial charge on any atom is 0.338 e. The molecule has 3 aromatic rings. The summed E-state index contributed by atoms with van der Waals surface area (Å²) in [6.45, 7) is 2.55. The molecule has 0 saturated carbocycles. The third-order valence-corrected chi connectivity index (χ3v) is 4.20. The van der Waals surface area contributed by atoms with Crippen LogP contribution in [0.3, 0.4) is 0 Å². The lowest BCUT2D eigenvalue weighted by molar-refractivity contribution is 0.0476. The molecular formula is C18H16N2O3S. The summed E-state index contributed by atoms with van der Waals surface area (Å²) in [5.74, 6) is 0.00381. The van der Waals surface area contributed by atoms with Gasteiger partial charge in [0.1, 0.15) is 11.6 Å². The van der Waals surface area contributed by atoms with E-state index >= 15 is 0 Å². The second kappa shape index (κ2) is 7.70. The number of nitrogens with zero attached hydrogens (tertiary/aromatic N) is 2. The summed E-state index contributed by atoms with van der Waals surface area (Å²) < 4.78 is 10.6. The highest BCUT2D eigenvalue weighted by Gasteiger charge is 2.11. The lowest BCUT2D eigenvalue weighted by Gasteiger charge is -2.05. The molecule has 122 valence electrons. The Hall–Kier alpha value is -2.73. The van der Waals surface area contributed by atoms with Crippen molar-refractivity contribution in [2.75, 3.05) is 6.61 Å². The molecule has 1 aromatic carbocycles. The molecule has 0 N–H and O–H groups in total. The second-order valence-electron chi connectivity index (χ2n) is 4.89. The SMILES string of the molecule is CCOc1cc(C(=O)OCc2cnc(-c3ccccc3)s2)ccn1. The Kier molecular flexibility index (Phi) is 5.18. The minimum Gasteiger partial charge on any atom is -0.478 e. The molecule has 0 fully saturated rings. The molecule has 2 aromatic heterocycles. The van der Waals surface area contributed by atoms with Gasteiger partial charge in [-0.2, -0.15) is 0 Å². The molecule has 0 radical (unpaired) electrons. The number of pyridine rings is 1. The van der Waals surface area contributed by atoms with Crippen LogP contribution in [0.15, 0.2) is 54.9 Å². The van der Waals surface area contributed by atoms with Crippen molar-refractivity contribution in [3.8, 4) is 16.5 Å². The first-order valence-electron chi connectivity index (χ1n) is 7.52. The zero-order valence-electron chi connectivity index (χ0n) is 13.1. The van der Waals surface area contributed by atoms with E-state index in [2.05, 4.69) is 9.97 Å². The predicted octanol–water partition coefficient (Wildman–Crippen LogP) is 3.96. The van der Waals surface area contributed by atoms with Gasteiger partial charge in [0.25, 0.3) is 0 Å². The molecule has 0 aliphatic carbocycles. The molecular weight excluding hydrogens is 324 g/mol. The van der Waals surface area contributed by atoms with Crippen LogP contribution in [-0.4, -0.2) is 22.5 Å². The Morgan fingerprint density at radius 1 is 1.17 bits per heavy atom.